The summed E-state index contributed by atoms with van der Waals surface area (Å²) in [4.78, 5) is 11.1. The molecule has 0 saturated carbocycles. The fourth-order valence-electron chi connectivity index (χ4n) is 3.27. The summed E-state index contributed by atoms with van der Waals surface area (Å²) in [6.07, 6.45) is -0.0215. The summed E-state index contributed by atoms with van der Waals surface area (Å²) in [6, 6.07) is 14.0. The van der Waals surface area contributed by atoms with Crippen molar-refractivity contribution in [3.63, 3.8) is 0 Å². The first-order valence-electron chi connectivity index (χ1n) is 9.85. The highest BCUT2D eigenvalue weighted by Gasteiger charge is 2.17. The van der Waals surface area contributed by atoms with Crippen LogP contribution < -0.4 is 15.8 Å². The van der Waals surface area contributed by atoms with Crippen LogP contribution in [0.4, 0.5) is 15.9 Å². The number of thiophene rings is 1. The molecule has 2 heterocycles. The van der Waals surface area contributed by atoms with E-state index < -0.39 is 11.7 Å². The van der Waals surface area contributed by atoms with Gasteiger partial charge in [-0.25, -0.2) is 4.39 Å². The fraction of sp³-hybridized carbons (Fsp3) is 0.174. The summed E-state index contributed by atoms with van der Waals surface area (Å²) in [7, 11) is 1.62. The van der Waals surface area contributed by atoms with Gasteiger partial charge in [-0.1, -0.05) is 18.2 Å². The minimum atomic E-state index is -0.516. The molecule has 0 atom stereocenters. The summed E-state index contributed by atoms with van der Waals surface area (Å²) in [5, 5.41) is 14.5. The van der Waals surface area contributed by atoms with Gasteiger partial charge >= 0.3 is 0 Å². The van der Waals surface area contributed by atoms with Crippen LogP contribution in [0, 0.1) is 5.82 Å². The number of benzene rings is 2. The number of amides is 1. The Morgan fingerprint density at radius 1 is 1.16 bits per heavy atom. The van der Waals surface area contributed by atoms with Crippen molar-refractivity contribution in [2.24, 2.45) is 5.73 Å². The standard InChI is InChI=1S/C23H21FN4O3S/c1-30-9-10-31-19-5-3-2-4-15(19)21-22-16(8-11-32-22)23(28-27-21)26-18-7-6-14(12-17(18)24)13-20(25)29/h2-8,11-12H,9-10,13H2,1H3,(H2,25,29)(H,26,28). The van der Waals surface area contributed by atoms with Gasteiger partial charge in [0.25, 0.3) is 0 Å². The molecule has 32 heavy (non-hydrogen) atoms. The highest BCUT2D eigenvalue weighted by molar-refractivity contribution is 7.17. The summed E-state index contributed by atoms with van der Waals surface area (Å²) >= 11 is 1.52. The molecule has 0 radical (unpaired) electrons. The number of hydrogen-bond acceptors (Lipinski definition) is 7. The highest BCUT2D eigenvalue weighted by atomic mass is 32.1. The normalized spacial score (nSPS) is 10.9. The first kappa shape index (κ1) is 21.7. The molecule has 0 unspecified atom stereocenters. The number of halogens is 1. The molecule has 0 spiro atoms. The van der Waals surface area contributed by atoms with Crippen molar-refractivity contribution in [3.05, 3.63) is 65.3 Å². The maximum Gasteiger partial charge on any atom is 0.221 e. The van der Waals surface area contributed by atoms with Crippen molar-refractivity contribution < 1.29 is 18.7 Å². The van der Waals surface area contributed by atoms with Crippen LogP contribution in [0.25, 0.3) is 21.3 Å². The number of hydrogen-bond donors (Lipinski definition) is 2. The number of nitrogens with two attached hydrogens (primary N) is 1. The second-order valence-corrected chi connectivity index (χ2v) is 7.90. The van der Waals surface area contributed by atoms with E-state index in [1.165, 1.54) is 17.4 Å². The predicted molar refractivity (Wildman–Crippen MR) is 123 cm³/mol. The van der Waals surface area contributed by atoms with Crippen LogP contribution in [0.2, 0.25) is 0 Å². The number of primary amides is 1. The lowest BCUT2D eigenvalue weighted by atomic mass is 10.1. The van der Waals surface area contributed by atoms with Gasteiger partial charge in [-0.3, -0.25) is 4.79 Å². The number of carbonyl (C=O) groups is 1. The average molecular weight is 453 g/mol. The third-order valence-electron chi connectivity index (χ3n) is 4.74. The van der Waals surface area contributed by atoms with Gasteiger partial charge in [0.15, 0.2) is 5.82 Å². The molecular weight excluding hydrogens is 431 g/mol. The Kier molecular flexibility index (Phi) is 6.58. The Labute approximate surface area is 188 Å². The van der Waals surface area contributed by atoms with Gasteiger partial charge in [-0.2, -0.15) is 0 Å². The molecule has 0 aliphatic carbocycles. The van der Waals surface area contributed by atoms with Crippen molar-refractivity contribution in [2.75, 3.05) is 25.6 Å². The van der Waals surface area contributed by atoms with Crippen LogP contribution in [-0.2, 0) is 16.0 Å². The maximum atomic E-state index is 14.6. The number of nitrogens with one attached hydrogen (secondary N) is 1. The molecule has 7 nitrogen and oxygen atoms in total. The molecule has 2 aromatic heterocycles. The summed E-state index contributed by atoms with van der Waals surface area (Å²) in [6.45, 7) is 0.889. The molecule has 9 heteroatoms. The molecule has 1 amide bonds. The fourth-order valence-corrected chi connectivity index (χ4v) is 4.16. The second kappa shape index (κ2) is 9.71. The largest absolute Gasteiger partial charge is 0.490 e. The van der Waals surface area contributed by atoms with E-state index in [1.54, 1.807) is 19.2 Å². The lowest BCUT2D eigenvalue weighted by Crippen LogP contribution is -2.13. The lowest BCUT2D eigenvalue weighted by molar-refractivity contribution is -0.117. The molecule has 4 aromatic rings. The minimum absolute atomic E-state index is 0.0215. The van der Waals surface area contributed by atoms with E-state index in [9.17, 15) is 9.18 Å². The first-order valence-corrected chi connectivity index (χ1v) is 10.7. The van der Waals surface area contributed by atoms with Crippen molar-refractivity contribution in [2.45, 2.75) is 6.42 Å². The number of carbonyl (C=O) groups excluding carboxylic acids is 1. The topological polar surface area (TPSA) is 99.4 Å². The third-order valence-corrected chi connectivity index (χ3v) is 5.66. The monoisotopic (exact) mass is 452 g/mol. The van der Waals surface area contributed by atoms with Crippen molar-refractivity contribution in [3.8, 4) is 17.0 Å². The molecule has 4 rings (SSSR count). The molecule has 0 bridgehead atoms. The Hall–Kier alpha value is -3.56. The van der Waals surface area contributed by atoms with Crippen LogP contribution in [0.3, 0.4) is 0 Å². The summed E-state index contributed by atoms with van der Waals surface area (Å²) in [5.41, 5.74) is 7.43. The van der Waals surface area contributed by atoms with Gasteiger partial charge in [-0.15, -0.1) is 21.5 Å². The van der Waals surface area contributed by atoms with E-state index in [0.717, 1.165) is 15.6 Å². The molecule has 0 aliphatic rings. The number of methoxy groups -OCH3 is 1. The summed E-state index contributed by atoms with van der Waals surface area (Å²) < 4.78 is 26.4. The lowest BCUT2D eigenvalue weighted by Gasteiger charge is -2.13. The smallest absolute Gasteiger partial charge is 0.221 e. The SMILES string of the molecule is COCCOc1ccccc1-c1nnc(Nc2ccc(CC(N)=O)cc2F)c2ccsc12. The predicted octanol–water partition coefficient (Wildman–Crippen LogP) is 4.29. The average Bonchev–Trinajstić information content (AvgIpc) is 3.26. The Balaban J connectivity index is 1.67. The molecule has 164 valence electrons. The third kappa shape index (κ3) is 4.68. The Bertz CT molecular complexity index is 1260. The molecule has 3 N–H and O–H groups in total. The number of fused-ring (bicyclic) bond motifs is 1. The zero-order chi connectivity index (χ0) is 22.5. The number of rotatable bonds is 9. The van der Waals surface area contributed by atoms with E-state index >= 15 is 0 Å². The van der Waals surface area contributed by atoms with Crippen LogP contribution in [0.1, 0.15) is 5.56 Å². The second-order valence-electron chi connectivity index (χ2n) is 6.98. The van der Waals surface area contributed by atoms with E-state index in [-0.39, 0.29) is 12.1 Å². The molecule has 0 aliphatic heterocycles. The van der Waals surface area contributed by atoms with E-state index in [2.05, 4.69) is 15.5 Å². The number of para-hydroxylation sites is 1. The van der Waals surface area contributed by atoms with Crippen LogP contribution in [0.15, 0.2) is 53.9 Å². The van der Waals surface area contributed by atoms with Gasteiger partial charge in [0.05, 0.1) is 23.4 Å². The van der Waals surface area contributed by atoms with Gasteiger partial charge in [-0.05, 0) is 41.3 Å². The van der Waals surface area contributed by atoms with Crippen LogP contribution in [-0.4, -0.2) is 36.4 Å². The zero-order valence-electron chi connectivity index (χ0n) is 17.3. The van der Waals surface area contributed by atoms with E-state index in [4.69, 9.17) is 15.2 Å². The quantitative estimate of drug-likeness (QED) is 0.368. The molecule has 0 saturated heterocycles. The van der Waals surface area contributed by atoms with Crippen molar-refractivity contribution >= 4 is 38.8 Å². The van der Waals surface area contributed by atoms with Gasteiger partial charge in [0.2, 0.25) is 5.91 Å². The van der Waals surface area contributed by atoms with Gasteiger partial charge in [0, 0.05) is 18.1 Å². The molecular formula is C23H21FN4O3S. The number of ether oxygens (including phenoxy) is 2. The van der Waals surface area contributed by atoms with Gasteiger partial charge < -0.3 is 20.5 Å². The van der Waals surface area contributed by atoms with Crippen LogP contribution in [0.5, 0.6) is 5.75 Å². The first-order chi connectivity index (χ1) is 15.6. The summed E-state index contributed by atoms with van der Waals surface area (Å²) in [5.74, 6) is 0.0996. The Morgan fingerprint density at radius 3 is 2.78 bits per heavy atom. The number of anilines is 2. The van der Waals surface area contributed by atoms with E-state index in [0.29, 0.717) is 36.0 Å². The molecule has 0 fully saturated rings. The zero-order valence-corrected chi connectivity index (χ0v) is 18.1. The van der Waals surface area contributed by atoms with Crippen molar-refractivity contribution in [1.82, 2.24) is 10.2 Å². The van der Waals surface area contributed by atoms with Crippen molar-refractivity contribution in [1.29, 1.82) is 0 Å². The number of nitrogens with zero attached hydrogens (tertiary/aromatic N) is 2. The Morgan fingerprint density at radius 2 is 2.00 bits per heavy atom. The van der Waals surface area contributed by atoms with E-state index in [1.807, 2.05) is 35.7 Å². The highest BCUT2D eigenvalue weighted by Crippen LogP contribution is 2.38. The minimum Gasteiger partial charge on any atom is -0.490 e. The van der Waals surface area contributed by atoms with Crippen LogP contribution >= 0.6 is 11.3 Å². The number of aromatic nitrogens is 2. The molecule has 2 aromatic carbocycles. The van der Waals surface area contributed by atoms with Gasteiger partial charge in [0.1, 0.15) is 23.9 Å². The maximum absolute atomic E-state index is 14.6.